The van der Waals surface area contributed by atoms with Crippen molar-refractivity contribution < 1.29 is 29.0 Å². The minimum Gasteiger partial charge on any atom is -0.481 e. The zero-order valence-electron chi connectivity index (χ0n) is 19.4. The van der Waals surface area contributed by atoms with Gasteiger partial charge in [-0.3, -0.25) is 9.59 Å². The summed E-state index contributed by atoms with van der Waals surface area (Å²) in [6.45, 7) is 3.86. The van der Waals surface area contributed by atoms with Gasteiger partial charge in [0.25, 0.3) is 0 Å². The number of ether oxygens (including phenoxy) is 2. The van der Waals surface area contributed by atoms with Crippen LogP contribution in [0.15, 0.2) is 48.5 Å². The van der Waals surface area contributed by atoms with Gasteiger partial charge >= 0.3 is 12.1 Å². The minimum atomic E-state index is -1.04. The standard InChI is InChI=1S/C26H30N2O6/c1-26(2,24(30)31)15-28-23(29)16-11-17(33-13-16)12-27-25(32)34-14-22-20-9-5-3-7-18(20)19-8-4-6-10-21(19)22/h3-10,16-17,22H,11-15H2,1-2H3,(H,27,32)(H,28,29)(H,30,31). The molecule has 0 saturated carbocycles. The fourth-order valence-corrected chi connectivity index (χ4v) is 4.41. The number of nitrogens with one attached hydrogen (secondary N) is 2. The van der Waals surface area contributed by atoms with E-state index in [4.69, 9.17) is 14.6 Å². The zero-order valence-corrected chi connectivity index (χ0v) is 19.4. The third-order valence-corrected chi connectivity index (χ3v) is 6.55. The number of aliphatic carboxylic acids is 1. The Morgan fingerprint density at radius 1 is 1.03 bits per heavy atom. The lowest BCUT2D eigenvalue weighted by Crippen LogP contribution is -2.41. The third kappa shape index (κ3) is 5.07. The van der Waals surface area contributed by atoms with Crippen LogP contribution in [0.4, 0.5) is 4.79 Å². The largest absolute Gasteiger partial charge is 0.481 e. The monoisotopic (exact) mass is 466 g/mol. The van der Waals surface area contributed by atoms with Crippen molar-refractivity contribution in [3.63, 3.8) is 0 Å². The van der Waals surface area contributed by atoms with Crippen molar-refractivity contribution in [1.29, 1.82) is 0 Å². The van der Waals surface area contributed by atoms with Crippen LogP contribution in [0.5, 0.6) is 0 Å². The Labute approximate surface area is 198 Å². The number of hydrogen-bond acceptors (Lipinski definition) is 5. The summed E-state index contributed by atoms with van der Waals surface area (Å²) >= 11 is 0. The topological polar surface area (TPSA) is 114 Å². The van der Waals surface area contributed by atoms with Gasteiger partial charge in [-0.2, -0.15) is 0 Å². The highest BCUT2D eigenvalue weighted by atomic mass is 16.5. The second-order valence-electron chi connectivity index (χ2n) is 9.50. The first-order valence-electron chi connectivity index (χ1n) is 11.5. The van der Waals surface area contributed by atoms with Gasteiger partial charge in [-0.05, 0) is 42.5 Å². The molecule has 8 nitrogen and oxygen atoms in total. The number of benzene rings is 2. The van der Waals surface area contributed by atoms with E-state index in [1.807, 2.05) is 24.3 Å². The van der Waals surface area contributed by atoms with Gasteiger partial charge < -0.3 is 25.2 Å². The molecule has 0 bridgehead atoms. The highest BCUT2D eigenvalue weighted by Gasteiger charge is 2.34. The summed E-state index contributed by atoms with van der Waals surface area (Å²) < 4.78 is 11.2. The maximum Gasteiger partial charge on any atom is 0.407 e. The molecule has 2 unspecified atom stereocenters. The third-order valence-electron chi connectivity index (χ3n) is 6.55. The summed E-state index contributed by atoms with van der Waals surface area (Å²) in [5, 5.41) is 14.6. The average Bonchev–Trinajstić information content (AvgIpc) is 3.43. The molecule has 1 heterocycles. The van der Waals surface area contributed by atoms with Crippen LogP contribution >= 0.6 is 0 Å². The Bertz CT molecular complexity index is 1040. The number of rotatable bonds is 8. The summed E-state index contributed by atoms with van der Waals surface area (Å²) in [6, 6.07) is 16.3. The molecule has 0 spiro atoms. The molecule has 1 aliphatic heterocycles. The van der Waals surface area contributed by atoms with Crippen LogP contribution < -0.4 is 10.6 Å². The molecule has 2 amide bonds. The van der Waals surface area contributed by atoms with E-state index in [1.54, 1.807) is 13.8 Å². The second-order valence-corrected chi connectivity index (χ2v) is 9.50. The lowest BCUT2D eigenvalue weighted by atomic mass is 9.93. The SMILES string of the molecule is CC(C)(CNC(=O)C1COC(CNC(=O)OCC2c3ccccc3-c3ccccc32)C1)C(=O)O. The van der Waals surface area contributed by atoms with Crippen molar-refractivity contribution in [2.45, 2.75) is 32.3 Å². The number of carboxylic acids is 1. The molecular weight excluding hydrogens is 436 g/mol. The molecule has 34 heavy (non-hydrogen) atoms. The minimum absolute atomic E-state index is 0.0102. The highest BCUT2D eigenvalue weighted by Crippen LogP contribution is 2.44. The van der Waals surface area contributed by atoms with Crippen LogP contribution in [0.3, 0.4) is 0 Å². The van der Waals surface area contributed by atoms with Crippen molar-refractivity contribution in [2.24, 2.45) is 11.3 Å². The lowest BCUT2D eigenvalue weighted by Gasteiger charge is -2.20. The van der Waals surface area contributed by atoms with Crippen molar-refractivity contribution in [3.8, 4) is 11.1 Å². The summed E-state index contributed by atoms with van der Waals surface area (Å²) in [5.74, 6) is -1.60. The van der Waals surface area contributed by atoms with E-state index in [0.717, 1.165) is 11.1 Å². The Balaban J connectivity index is 1.23. The van der Waals surface area contributed by atoms with Gasteiger partial charge in [-0.1, -0.05) is 48.5 Å². The molecular formula is C26H30N2O6. The van der Waals surface area contributed by atoms with Crippen LogP contribution in [-0.2, 0) is 19.1 Å². The van der Waals surface area contributed by atoms with Gasteiger partial charge in [0.1, 0.15) is 6.61 Å². The maximum atomic E-state index is 12.4. The van der Waals surface area contributed by atoms with E-state index in [9.17, 15) is 14.4 Å². The number of fused-ring (bicyclic) bond motifs is 3. The van der Waals surface area contributed by atoms with Gasteiger partial charge in [-0.25, -0.2) is 4.79 Å². The molecule has 180 valence electrons. The van der Waals surface area contributed by atoms with E-state index < -0.39 is 17.5 Å². The van der Waals surface area contributed by atoms with Crippen LogP contribution in [-0.4, -0.2) is 55.5 Å². The Morgan fingerprint density at radius 2 is 1.65 bits per heavy atom. The van der Waals surface area contributed by atoms with Crippen LogP contribution in [0, 0.1) is 11.3 Å². The van der Waals surface area contributed by atoms with E-state index in [0.29, 0.717) is 6.42 Å². The molecule has 2 atom stereocenters. The van der Waals surface area contributed by atoms with Gasteiger partial charge in [0.15, 0.2) is 0 Å². The number of carboxylic acid groups (broad SMARTS) is 1. The summed E-state index contributed by atoms with van der Waals surface area (Å²) in [7, 11) is 0. The number of amides is 2. The second kappa shape index (κ2) is 9.85. The summed E-state index contributed by atoms with van der Waals surface area (Å²) in [6.07, 6.45) is -0.381. The molecule has 1 aliphatic carbocycles. The van der Waals surface area contributed by atoms with E-state index in [1.165, 1.54) is 11.1 Å². The number of carbonyl (C=O) groups excluding carboxylic acids is 2. The Hall–Kier alpha value is -3.39. The molecule has 2 aliphatic rings. The molecule has 2 aromatic carbocycles. The van der Waals surface area contributed by atoms with Crippen LogP contribution in [0.25, 0.3) is 11.1 Å². The molecule has 1 saturated heterocycles. The molecule has 0 aromatic heterocycles. The summed E-state index contributed by atoms with van der Waals surface area (Å²) in [4.78, 5) is 35.9. The Kier molecular flexibility index (Phi) is 6.88. The highest BCUT2D eigenvalue weighted by molar-refractivity contribution is 5.81. The van der Waals surface area contributed by atoms with Crippen molar-refractivity contribution >= 4 is 18.0 Å². The first kappa shape index (κ1) is 23.8. The predicted molar refractivity (Wildman–Crippen MR) is 125 cm³/mol. The van der Waals surface area contributed by atoms with Crippen molar-refractivity contribution in [1.82, 2.24) is 10.6 Å². The van der Waals surface area contributed by atoms with Gasteiger partial charge in [-0.15, -0.1) is 0 Å². The predicted octanol–water partition coefficient (Wildman–Crippen LogP) is 3.16. The van der Waals surface area contributed by atoms with Crippen molar-refractivity contribution in [2.75, 3.05) is 26.3 Å². The summed E-state index contributed by atoms with van der Waals surface area (Å²) in [5.41, 5.74) is 3.59. The fraction of sp³-hybridized carbons (Fsp3) is 0.423. The smallest absolute Gasteiger partial charge is 0.407 e. The molecule has 3 N–H and O–H groups in total. The lowest BCUT2D eigenvalue weighted by molar-refractivity contribution is -0.146. The number of hydrogen-bond donors (Lipinski definition) is 3. The molecule has 4 rings (SSSR count). The van der Waals surface area contributed by atoms with Crippen LogP contribution in [0.1, 0.15) is 37.3 Å². The Morgan fingerprint density at radius 3 is 2.26 bits per heavy atom. The zero-order chi connectivity index (χ0) is 24.3. The van der Waals surface area contributed by atoms with E-state index in [2.05, 4.69) is 34.9 Å². The van der Waals surface area contributed by atoms with Gasteiger partial charge in [0.2, 0.25) is 5.91 Å². The normalized spacial score (nSPS) is 19.2. The first-order valence-corrected chi connectivity index (χ1v) is 11.5. The number of carbonyl (C=O) groups is 3. The van der Waals surface area contributed by atoms with Crippen LogP contribution in [0.2, 0.25) is 0 Å². The number of alkyl carbamates (subject to hydrolysis) is 1. The van der Waals surface area contributed by atoms with Gasteiger partial charge in [0, 0.05) is 19.0 Å². The van der Waals surface area contributed by atoms with Gasteiger partial charge in [0.05, 0.1) is 24.0 Å². The quantitative estimate of drug-likeness (QED) is 0.551. The fourth-order valence-electron chi connectivity index (χ4n) is 4.41. The molecule has 0 radical (unpaired) electrons. The van der Waals surface area contributed by atoms with E-state index >= 15 is 0 Å². The average molecular weight is 467 g/mol. The van der Waals surface area contributed by atoms with Crippen molar-refractivity contribution in [3.05, 3.63) is 59.7 Å². The molecule has 2 aromatic rings. The first-order chi connectivity index (χ1) is 16.3. The van der Waals surface area contributed by atoms with E-state index in [-0.39, 0.29) is 50.2 Å². The maximum absolute atomic E-state index is 12.4. The molecule has 1 fully saturated rings. The molecule has 8 heteroatoms.